The van der Waals surface area contributed by atoms with Crippen LogP contribution in [0, 0.1) is 6.92 Å². The van der Waals surface area contributed by atoms with E-state index < -0.39 is 0 Å². The van der Waals surface area contributed by atoms with Gasteiger partial charge in [-0.05, 0) is 49.6 Å². The van der Waals surface area contributed by atoms with Crippen molar-refractivity contribution in [3.05, 3.63) is 53.9 Å². The molecule has 0 unspecified atom stereocenters. The molecule has 0 spiro atoms. The molecule has 5 rings (SSSR count). The highest BCUT2D eigenvalue weighted by atomic mass is 16.4. The Labute approximate surface area is 145 Å². The number of aromatic nitrogens is 3. The number of hydrogen-bond donors (Lipinski definition) is 1. The number of para-hydroxylation sites is 2. The first-order valence-electron chi connectivity index (χ1n) is 8.83. The first-order chi connectivity index (χ1) is 12.3. The van der Waals surface area contributed by atoms with Crippen LogP contribution in [0.4, 0.5) is 6.01 Å². The number of nitrogens with zero attached hydrogens (tertiary/aromatic N) is 3. The summed E-state index contributed by atoms with van der Waals surface area (Å²) in [6.45, 7) is 3.99. The van der Waals surface area contributed by atoms with Crippen molar-refractivity contribution >= 4 is 28.1 Å². The third-order valence-corrected chi connectivity index (χ3v) is 5.09. The van der Waals surface area contributed by atoms with Gasteiger partial charge in [0.25, 0.3) is 6.01 Å². The molecule has 0 amide bonds. The number of benzene rings is 2. The summed E-state index contributed by atoms with van der Waals surface area (Å²) >= 11 is 0. The van der Waals surface area contributed by atoms with E-state index in [0.717, 1.165) is 59.9 Å². The van der Waals surface area contributed by atoms with E-state index in [1.807, 2.05) is 24.3 Å². The summed E-state index contributed by atoms with van der Waals surface area (Å²) in [5.74, 6) is 1.58. The third kappa shape index (κ3) is 2.56. The smallest absolute Gasteiger partial charge is 0.298 e. The average molecular weight is 332 g/mol. The average Bonchev–Trinajstić information content (AvgIpc) is 3.25. The number of anilines is 1. The quantitative estimate of drug-likeness (QED) is 0.591. The van der Waals surface area contributed by atoms with Crippen LogP contribution in [-0.4, -0.2) is 28.0 Å². The van der Waals surface area contributed by atoms with Crippen LogP contribution in [0.15, 0.2) is 46.9 Å². The molecule has 3 heterocycles. The van der Waals surface area contributed by atoms with Gasteiger partial charge in [-0.15, -0.1) is 0 Å². The molecule has 1 aliphatic heterocycles. The van der Waals surface area contributed by atoms with Crippen molar-refractivity contribution < 1.29 is 4.42 Å². The first kappa shape index (κ1) is 14.5. The normalized spacial score (nSPS) is 16.1. The summed E-state index contributed by atoms with van der Waals surface area (Å²) in [4.78, 5) is 15.2. The Balaban J connectivity index is 1.34. The number of hydrogen-bond acceptors (Lipinski definition) is 4. The Bertz CT molecular complexity index is 1010. The zero-order valence-electron chi connectivity index (χ0n) is 14.2. The van der Waals surface area contributed by atoms with Crippen LogP contribution >= 0.6 is 0 Å². The number of nitrogens with one attached hydrogen (secondary N) is 1. The molecule has 0 bridgehead atoms. The van der Waals surface area contributed by atoms with Crippen molar-refractivity contribution in [2.75, 3.05) is 18.0 Å². The van der Waals surface area contributed by atoms with Gasteiger partial charge >= 0.3 is 0 Å². The lowest BCUT2D eigenvalue weighted by Crippen LogP contribution is -2.33. The molecule has 126 valence electrons. The molecular formula is C20H20N4O. The van der Waals surface area contributed by atoms with Gasteiger partial charge in [0.1, 0.15) is 11.3 Å². The summed E-state index contributed by atoms with van der Waals surface area (Å²) in [7, 11) is 0. The molecule has 1 fully saturated rings. The molecule has 1 saturated heterocycles. The van der Waals surface area contributed by atoms with Crippen LogP contribution in [0.5, 0.6) is 0 Å². The molecule has 25 heavy (non-hydrogen) atoms. The molecule has 0 atom stereocenters. The van der Waals surface area contributed by atoms with Gasteiger partial charge in [0.2, 0.25) is 0 Å². The molecule has 0 radical (unpaired) electrons. The van der Waals surface area contributed by atoms with E-state index in [9.17, 15) is 0 Å². The third-order valence-electron chi connectivity index (χ3n) is 5.09. The van der Waals surface area contributed by atoms with Crippen molar-refractivity contribution in [3.8, 4) is 0 Å². The Morgan fingerprint density at radius 1 is 1.04 bits per heavy atom. The standard InChI is InChI=1S/C20H20N4O/c1-13-6-7-15-17(12-13)22-19(21-15)14-8-10-24(11-9-14)20-23-16-4-2-3-5-18(16)25-20/h2-7,12,14H,8-11H2,1H3,(H,21,22). The van der Waals surface area contributed by atoms with Crippen LogP contribution in [0.1, 0.15) is 30.1 Å². The van der Waals surface area contributed by atoms with Crippen molar-refractivity contribution in [1.29, 1.82) is 0 Å². The maximum atomic E-state index is 5.90. The van der Waals surface area contributed by atoms with Gasteiger partial charge < -0.3 is 14.3 Å². The lowest BCUT2D eigenvalue weighted by Gasteiger charge is -2.29. The second-order valence-electron chi connectivity index (χ2n) is 6.87. The fourth-order valence-electron chi connectivity index (χ4n) is 3.68. The zero-order valence-corrected chi connectivity index (χ0v) is 14.2. The minimum absolute atomic E-state index is 0.466. The Morgan fingerprint density at radius 2 is 1.88 bits per heavy atom. The highest BCUT2D eigenvalue weighted by Gasteiger charge is 2.25. The predicted molar refractivity (Wildman–Crippen MR) is 99.0 cm³/mol. The zero-order chi connectivity index (χ0) is 16.8. The maximum Gasteiger partial charge on any atom is 0.298 e. The minimum Gasteiger partial charge on any atom is -0.423 e. The fourth-order valence-corrected chi connectivity index (χ4v) is 3.68. The molecular weight excluding hydrogens is 312 g/mol. The lowest BCUT2D eigenvalue weighted by atomic mass is 9.96. The Kier molecular flexibility index (Phi) is 3.26. The molecule has 0 aliphatic carbocycles. The van der Waals surface area contributed by atoms with Crippen molar-refractivity contribution in [2.45, 2.75) is 25.7 Å². The first-order valence-corrected chi connectivity index (χ1v) is 8.83. The summed E-state index contributed by atoms with van der Waals surface area (Å²) in [5, 5.41) is 0. The van der Waals surface area contributed by atoms with Gasteiger partial charge in [-0.3, -0.25) is 0 Å². The summed E-state index contributed by atoms with van der Waals surface area (Å²) < 4.78 is 5.90. The monoisotopic (exact) mass is 332 g/mol. The second kappa shape index (κ2) is 5.62. The topological polar surface area (TPSA) is 58.0 Å². The van der Waals surface area contributed by atoms with Crippen molar-refractivity contribution in [3.63, 3.8) is 0 Å². The SMILES string of the molecule is Cc1ccc2nc(C3CCN(c4nc5ccccc5o4)CC3)[nH]c2c1. The number of fused-ring (bicyclic) bond motifs is 2. The van der Waals surface area contributed by atoms with Crippen LogP contribution in [-0.2, 0) is 0 Å². The van der Waals surface area contributed by atoms with E-state index >= 15 is 0 Å². The molecule has 2 aromatic carbocycles. The number of oxazole rings is 1. The maximum absolute atomic E-state index is 5.90. The highest BCUT2D eigenvalue weighted by Crippen LogP contribution is 2.31. The molecule has 0 saturated carbocycles. The molecule has 5 nitrogen and oxygen atoms in total. The Hall–Kier alpha value is -2.82. The second-order valence-corrected chi connectivity index (χ2v) is 6.87. The largest absolute Gasteiger partial charge is 0.423 e. The predicted octanol–water partition coefficient (Wildman–Crippen LogP) is 4.40. The summed E-state index contributed by atoms with van der Waals surface area (Å²) in [5.41, 5.74) is 5.23. The molecule has 2 aromatic heterocycles. The van der Waals surface area contributed by atoms with Gasteiger partial charge in [0.15, 0.2) is 5.58 Å². The van der Waals surface area contributed by atoms with Gasteiger partial charge in [-0.25, -0.2) is 4.98 Å². The number of rotatable bonds is 2. The van der Waals surface area contributed by atoms with Crippen LogP contribution in [0.3, 0.4) is 0 Å². The van der Waals surface area contributed by atoms with Crippen LogP contribution in [0.2, 0.25) is 0 Å². The van der Waals surface area contributed by atoms with Gasteiger partial charge in [0.05, 0.1) is 11.0 Å². The van der Waals surface area contributed by atoms with Crippen LogP contribution in [0.25, 0.3) is 22.1 Å². The minimum atomic E-state index is 0.466. The highest BCUT2D eigenvalue weighted by molar-refractivity contribution is 5.76. The van der Waals surface area contributed by atoms with E-state index in [-0.39, 0.29) is 0 Å². The number of piperidine rings is 1. The van der Waals surface area contributed by atoms with E-state index in [2.05, 4.69) is 40.0 Å². The molecule has 4 aromatic rings. The van der Waals surface area contributed by atoms with Crippen LogP contribution < -0.4 is 4.90 Å². The van der Waals surface area contributed by atoms with Crippen molar-refractivity contribution in [2.24, 2.45) is 0 Å². The fraction of sp³-hybridized carbons (Fsp3) is 0.300. The molecule has 5 heteroatoms. The van der Waals surface area contributed by atoms with E-state index in [1.54, 1.807) is 0 Å². The number of imidazole rings is 1. The van der Waals surface area contributed by atoms with Gasteiger partial charge in [-0.1, -0.05) is 18.2 Å². The molecule has 1 aliphatic rings. The van der Waals surface area contributed by atoms with Gasteiger partial charge in [0, 0.05) is 19.0 Å². The summed E-state index contributed by atoms with van der Waals surface area (Å²) in [6.07, 6.45) is 2.11. The van der Waals surface area contributed by atoms with Crippen molar-refractivity contribution in [1.82, 2.24) is 15.0 Å². The van der Waals surface area contributed by atoms with E-state index in [4.69, 9.17) is 9.40 Å². The summed E-state index contributed by atoms with van der Waals surface area (Å²) in [6, 6.07) is 15.0. The van der Waals surface area contributed by atoms with E-state index in [0.29, 0.717) is 5.92 Å². The van der Waals surface area contributed by atoms with Gasteiger partial charge in [-0.2, -0.15) is 4.98 Å². The number of aromatic amines is 1. The van der Waals surface area contributed by atoms with E-state index in [1.165, 1.54) is 5.56 Å². The lowest BCUT2D eigenvalue weighted by molar-refractivity contribution is 0.457. The molecule has 1 N–H and O–H groups in total. The number of H-pyrrole nitrogens is 1. The Morgan fingerprint density at radius 3 is 2.72 bits per heavy atom. The number of aryl methyl sites for hydroxylation is 1.